The SMILES string of the molecule is CC(C)(Nc1ccc(F)cc1)C(=O)NCC(=O)Nc1ccc(F)cc1. The Labute approximate surface area is 144 Å². The van der Waals surface area contributed by atoms with Crippen molar-refractivity contribution in [1.82, 2.24) is 5.32 Å². The number of benzene rings is 2. The van der Waals surface area contributed by atoms with Gasteiger partial charge in [0.25, 0.3) is 0 Å². The summed E-state index contributed by atoms with van der Waals surface area (Å²) in [5.41, 5.74) is 0.00946. The topological polar surface area (TPSA) is 70.2 Å². The summed E-state index contributed by atoms with van der Waals surface area (Å²) in [5.74, 6) is -1.60. The molecule has 2 amide bonds. The third kappa shape index (κ3) is 5.56. The average Bonchev–Trinajstić information content (AvgIpc) is 2.56. The summed E-state index contributed by atoms with van der Waals surface area (Å²) < 4.78 is 25.7. The lowest BCUT2D eigenvalue weighted by molar-refractivity contribution is -0.126. The fraction of sp³-hybridized carbons (Fsp3) is 0.222. The summed E-state index contributed by atoms with van der Waals surface area (Å²) in [6.45, 7) is 3.05. The molecule has 0 spiro atoms. The van der Waals surface area contributed by atoms with Crippen molar-refractivity contribution in [2.24, 2.45) is 0 Å². The molecule has 2 aromatic rings. The van der Waals surface area contributed by atoms with Crippen LogP contribution >= 0.6 is 0 Å². The van der Waals surface area contributed by atoms with Gasteiger partial charge in [-0.3, -0.25) is 9.59 Å². The predicted molar refractivity (Wildman–Crippen MR) is 92.1 cm³/mol. The van der Waals surface area contributed by atoms with Crippen LogP contribution in [-0.2, 0) is 9.59 Å². The lowest BCUT2D eigenvalue weighted by Crippen LogP contribution is -2.49. The highest BCUT2D eigenvalue weighted by Gasteiger charge is 2.27. The number of hydrogen-bond donors (Lipinski definition) is 3. The van der Waals surface area contributed by atoms with Crippen LogP contribution in [0.3, 0.4) is 0 Å². The van der Waals surface area contributed by atoms with Crippen molar-refractivity contribution in [1.29, 1.82) is 0 Å². The van der Waals surface area contributed by atoms with E-state index in [2.05, 4.69) is 16.0 Å². The van der Waals surface area contributed by atoms with Gasteiger partial charge < -0.3 is 16.0 Å². The second-order valence-electron chi connectivity index (χ2n) is 5.99. The molecule has 7 heteroatoms. The van der Waals surface area contributed by atoms with E-state index in [4.69, 9.17) is 0 Å². The number of rotatable bonds is 6. The Bertz CT molecular complexity index is 744. The number of anilines is 2. The average molecular weight is 347 g/mol. The molecular weight excluding hydrogens is 328 g/mol. The highest BCUT2D eigenvalue weighted by atomic mass is 19.1. The maximum absolute atomic E-state index is 12.9. The van der Waals surface area contributed by atoms with Gasteiger partial charge in [-0.2, -0.15) is 0 Å². The minimum atomic E-state index is -1.01. The molecular formula is C18H19F2N3O2. The Hall–Kier alpha value is -2.96. The standard InChI is InChI=1S/C18H19F2N3O2/c1-18(2,23-15-9-5-13(20)6-10-15)17(25)21-11-16(24)22-14-7-3-12(19)4-8-14/h3-10,23H,11H2,1-2H3,(H,21,25)(H,22,24). The van der Waals surface area contributed by atoms with Crippen molar-refractivity contribution >= 4 is 23.2 Å². The van der Waals surface area contributed by atoms with Crippen LogP contribution in [0.5, 0.6) is 0 Å². The van der Waals surface area contributed by atoms with E-state index in [1.807, 2.05) is 0 Å². The van der Waals surface area contributed by atoms with E-state index < -0.39 is 23.2 Å². The zero-order valence-electron chi connectivity index (χ0n) is 13.9. The zero-order valence-corrected chi connectivity index (χ0v) is 13.9. The number of carbonyl (C=O) groups excluding carboxylic acids is 2. The second kappa shape index (κ2) is 7.74. The second-order valence-corrected chi connectivity index (χ2v) is 5.99. The van der Waals surface area contributed by atoms with Crippen LogP contribution in [0.15, 0.2) is 48.5 Å². The lowest BCUT2D eigenvalue weighted by atomic mass is 10.0. The quantitative estimate of drug-likeness (QED) is 0.752. The molecule has 25 heavy (non-hydrogen) atoms. The molecule has 3 N–H and O–H groups in total. The van der Waals surface area contributed by atoms with Crippen LogP contribution in [0.1, 0.15) is 13.8 Å². The summed E-state index contributed by atoms with van der Waals surface area (Å²) in [6.07, 6.45) is 0. The molecule has 0 saturated carbocycles. The fourth-order valence-corrected chi connectivity index (χ4v) is 2.07. The van der Waals surface area contributed by atoms with E-state index >= 15 is 0 Å². The van der Waals surface area contributed by atoms with Crippen LogP contribution in [0, 0.1) is 11.6 Å². The van der Waals surface area contributed by atoms with E-state index in [-0.39, 0.29) is 12.4 Å². The monoisotopic (exact) mass is 347 g/mol. The summed E-state index contributed by atoms with van der Waals surface area (Å²) in [6, 6.07) is 10.9. The van der Waals surface area contributed by atoms with Gasteiger partial charge in [-0.15, -0.1) is 0 Å². The maximum Gasteiger partial charge on any atom is 0.245 e. The molecule has 0 atom stereocenters. The van der Waals surface area contributed by atoms with E-state index in [1.165, 1.54) is 48.5 Å². The van der Waals surface area contributed by atoms with Gasteiger partial charge in [-0.1, -0.05) is 0 Å². The molecule has 0 unspecified atom stereocenters. The number of hydrogen-bond acceptors (Lipinski definition) is 3. The molecule has 0 fully saturated rings. The number of carbonyl (C=O) groups is 2. The first-order chi connectivity index (χ1) is 11.8. The lowest BCUT2D eigenvalue weighted by Gasteiger charge is -2.26. The molecule has 0 saturated heterocycles. The smallest absolute Gasteiger partial charge is 0.245 e. The summed E-state index contributed by atoms with van der Waals surface area (Å²) in [7, 11) is 0. The van der Waals surface area contributed by atoms with E-state index in [0.717, 1.165) is 0 Å². The third-order valence-electron chi connectivity index (χ3n) is 3.41. The maximum atomic E-state index is 12.9. The number of halogens is 2. The Morgan fingerprint density at radius 1 is 0.880 bits per heavy atom. The summed E-state index contributed by atoms with van der Waals surface area (Å²) in [5, 5.41) is 8.05. The first-order valence-electron chi connectivity index (χ1n) is 7.64. The van der Waals surface area contributed by atoms with Crippen molar-refractivity contribution in [3.8, 4) is 0 Å². The molecule has 0 heterocycles. The molecule has 0 aliphatic heterocycles. The van der Waals surface area contributed by atoms with E-state index in [1.54, 1.807) is 13.8 Å². The van der Waals surface area contributed by atoms with Gasteiger partial charge in [-0.25, -0.2) is 8.78 Å². The van der Waals surface area contributed by atoms with Crippen molar-refractivity contribution in [3.63, 3.8) is 0 Å². The first-order valence-corrected chi connectivity index (χ1v) is 7.64. The highest BCUT2D eigenvalue weighted by molar-refractivity contribution is 5.96. The van der Waals surface area contributed by atoms with Crippen molar-refractivity contribution in [2.75, 3.05) is 17.2 Å². The number of nitrogens with one attached hydrogen (secondary N) is 3. The Kier molecular flexibility index (Phi) is 5.69. The molecule has 0 aliphatic rings. The molecule has 5 nitrogen and oxygen atoms in total. The molecule has 2 aromatic carbocycles. The van der Waals surface area contributed by atoms with Crippen LogP contribution in [0.4, 0.5) is 20.2 Å². The van der Waals surface area contributed by atoms with Crippen molar-refractivity contribution < 1.29 is 18.4 Å². The van der Waals surface area contributed by atoms with Gasteiger partial charge in [0, 0.05) is 11.4 Å². The van der Waals surface area contributed by atoms with Gasteiger partial charge in [0.1, 0.15) is 17.2 Å². The van der Waals surface area contributed by atoms with E-state index in [0.29, 0.717) is 11.4 Å². The Balaban J connectivity index is 1.86. The molecule has 0 aromatic heterocycles. The van der Waals surface area contributed by atoms with Gasteiger partial charge in [0.05, 0.1) is 6.54 Å². The number of amides is 2. The predicted octanol–water partition coefficient (Wildman–Crippen LogP) is 2.91. The van der Waals surface area contributed by atoms with Crippen LogP contribution < -0.4 is 16.0 Å². The molecule has 2 rings (SSSR count). The highest BCUT2D eigenvalue weighted by Crippen LogP contribution is 2.15. The fourth-order valence-electron chi connectivity index (χ4n) is 2.07. The molecule has 132 valence electrons. The summed E-state index contributed by atoms with van der Waals surface area (Å²) >= 11 is 0. The first kappa shape index (κ1) is 18.4. The minimum Gasteiger partial charge on any atom is -0.372 e. The van der Waals surface area contributed by atoms with Gasteiger partial charge in [-0.05, 0) is 62.4 Å². The zero-order chi connectivity index (χ0) is 18.4. The minimum absolute atomic E-state index is 0.231. The van der Waals surface area contributed by atoms with Gasteiger partial charge in [0.2, 0.25) is 11.8 Å². The van der Waals surface area contributed by atoms with E-state index in [9.17, 15) is 18.4 Å². The van der Waals surface area contributed by atoms with Crippen LogP contribution in [0.25, 0.3) is 0 Å². The normalized spacial score (nSPS) is 10.9. The molecule has 0 aliphatic carbocycles. The Morgan fingerprint density at radius 3 is 1.88 bits per heavy atom. The van der Waals surface area contributed by atoms with Crippen molar-refractivity contribution in [2.45, 2.75) is 19.4 Å². The van der Waals surface area contributed by atoms with Gasteiger partial charge in [0.15, 0.2) is 0 Å². The third-order valence-corrected chi connectivity index (χ3v) is 3.41. The summed E-state index contributed by atoms with van der Waals surface area (Å²) in [4.78, 5) is 24.1. The van der Waals surface area contributed by atoms with Crippen molar-refractivity contribution in [3.05, 3.63) is 60.2 Å². The van der Waals surface area contributed by atoms with Gasteiger partial charge >= 0.3 is 0 Å². The molecule has 0 bridgehead atoms. The molecule has 0 radical (unpaired) electrons. The Morgan fingerprint density at radius 2 is 1.36 bits per heavy atom. The largest absolute Gasteiger partial charge is 0.372 e. The van der Waals surface area contributed by atoms with Crippen LogP contribution in [0.2, 0.25) is 0 Å². The van der Waals surface area contributed by atoms with Crippen LogP contribution in [-0.4, -0.2) is 23.9 Å².